The van der Waals surface area contributed by atoms with Crippen LogP contribution < -0.4 is 0 Å². The van der Waals surface area contributed by atoms with Crippen molar-refractivity contribution in [2.45, 2.75) is 77.1 Å². The zero-order valence-corrected chi connectivity index (χ0v) is 17.9. The summed E-state index contributed by atoms with van der Waals surface area (Å²) < 4.78 is 4.86. The van der Waals surface area contributed by atoms with Gasteiger partial charge in [-0.2, -0.15) is 0 Å². The van der Waals surface area contributed by atoms with Crippen molar-refractivity contribution >= 4 is 17.5 Å². The predicted molar refractivity (Wildman–Crippen MR) is 106 cm³/mol. The van der Waals surface area contributed by atoms with E-state index in [0.717, 1.165) is 5.57 Å². The molecular formula is C23H32O7. The third-order valence-corrected chi connectivity index (χ3v) is 8.93. The number of fused-ring (bicyclic) bond motifs is 5. The number of esters is 1. The van der Waals surface area contributed by atoms with Crippen molar-refractivity contribution in [2.24, 2.45) is 28.6 Å². The van der Waals surface area contributed by atoms with Gasteiger partial charge in [0.05, 0.1) is 12.2 Å². The maximum absolute atomic E-state index is 12.9. The van der Waals surface area contributed by atoms with Gasteiger partial charge in [-0.1, -0.05) is 13.8 Å². The van der Waals surface area contributed by atoms with Gasteiger partial charge in [-0.3, -0.25) is 14.4 Å². The number of hydrogen-bond donors (Lipinski definition) is 3. The van der Waals surface area contributed by atoms with Crippen LogP contribution in [0.4, 0.5) is 0 Å². The number of hydrogen-bond acceptors (Lipinski definition) is 7. The maximum atomic E-state index is 12.9. The van der Waals surface area contributed by atoms with Crippen molar-refractivity contribution in [3.63, 3.8) is 0 Å². The van der Waals surface area contributed by atoms with Crippen molar-refractivity contribution in [2.75, 3.05) is 6.61 Å². The van der Waals surface area contributed by atoms with Crippen LogP contribution in [0.25, 0.3) is 0 Å². The summed E-state index contributed by atoms with van der Waals surface area (Å²) in [5, 5.41) is 33.7. The van der Waals surface area contributed by atoms with E-state index in [-0.39, 0.29) is 36.4 Å². The Kier molecular flexibility index (Phi) is 5.03. The minimum atomic E-state index is -1.68. The average Bonchev–Trinajstić information content (AvgIpc) is 2.93. The zero-order chi connectivity index (χ0) is 22.1. The summed E-state index contributed by atoms with van der Waals surface area (Å²) in [6.45, 7) is 4.62. The summed E-state index contributed by atoms with van der Waals surface area (Å²) in [5.41, 5.74) is -2.29. The largest absolute Gasteiger partial charge is 0.458 e. The molecule has 4 rings (SSSR count). The summed E-state index contributed by atoms with van der Waals surface area (Å²) >= 11 is 0. The molecule has 0 radical (unpaired) electrons. The van der Waals surface area contributed by atoms with E-state index in [4.69, 9.17) is 4.74 Å². The number of ketones is 2. The van der Waals surface area contributed by atoms with Crippen LogP contribution in [0.15, 0.2) is 11.6 Å². The third-order valence-electron chi connectivity index (χ3n) is 8.93. The normalized spacial score (nSPS) is 47.6. The van der Waals surface area contributed by atoms with Gasteiger partial charge in [0.15, 0.2) is 12.4 Å². The Morgan fingerprint density at radius 2 is 1.93 bits per heavy atom. The van der Waals surface area contributed by atoms with E-state index >= 15 is 0 Å². The average molecular weight is 421 g/mol. The maximum Gasteiger partial charge on any atom is 0.303 e. The second kappa shape index (κ2) is 6.97. The van der Waals surface area contributed by atoms with Crippen LogP contribution in [0.2, 0.25) is 0 Å². The van der Waals surface area contributed by atoms with Crippen LogP contribution in [0.1, 0.15) is 59.3 Å². The van der Waals surface area contributed by atoms with E-state index in [1.54, 1.807) is 6.08 Å². The van der Waals surface area contributed by atoms with Gasteiger partial charge < -0.3 is 20.1 Å². The molecule has 4 aliphatic rings. The minimum absolute atomic E-state index is 0.0152. The third kappa shape index (κ3) is 2.85. The van der Waals surface area contributed by atoms with Gasteiger partial charge in [-0.25, -0.2) is 0 Å². The first kappa shape index (κ1) is 21.7. The van der Waals surface area contributed by atoms with Crippen molar-refractivity contribution < 1.29 is 34.4 Å². The number of carbonyl (C=O) groups excluding carboxylic acids is 3. The van der Waals surface area contributed by atoms with Crippen molar-refractivity contribution in [1.29, 1.82) is 0 Å². The molecule has 0 aromatic heterocycles. The molecule has 166 valence electrons. The highest BCUT2D eigenvalue weighted by Gasteiger charge is 2.69. The predicted octanol–water partition coefficient (Wildman–Crippen LogP) is 1.32. The molecule has 3 saturated carbocycles. The molecule has 0 bridgehead atoms. The molecule has 0 spiro atoms. The molecule has 0 heterocycles. The van der Waals surface area contributed by atoms with Crippen molar-refractivity contribution in [3.05, 3.63) is 11.6 Å². The van der Waals surface area contributed by atoms with Crippen LogP contribution >= 0.6 is 0 Å². The molecule has 4 aliphatic carbocycles. The Balaban J connectivity index is 1.69. The highest BCUT2D eigenvalue weighted by atomic mass is 16.5. The lowest BCUT2D eigenvalue weighted by atomic mass is 9.45. The Bertz CT molecular complexity index is 818. The molecule has 0 aliphatic heterocycles. The first-order valence-corrected chi connectivity index (χ1v) is 10.9. The van der Waals surface area contributed by atoms with E-state index in [1.807, 2.05) is 13.8 Å². The molecular weight excluding hydrogens is 388 g/mol. The SMILES string of the molecule is CC(=O)OCC(=O)[C@@]1(O)CC[C@@H]2[C@H]3C[C@@H](O)C4=CC(=O)CC[C@]4(C)[C@H]3[C@@H](O)C[C@@]21C. The van der Waals surface area contributed by atoms with Gasteiger partial charge in [0.1, 0.15) is 5.60 Å². The molecule has 8 atom stereocenters. The lowest BCUT2D eigenvalue weighted by Gasteiger charge is -2.61. The summed E-state index contributed by atoms with van der Waals surface area (Å²) in [5.74, 6) is -1.35. The van der Waals surface area contributed by atoms with Crippen LogP contribution in [0.5, 0.6) is 0 Å². The van der Waals surface area contributed by atoms with Gasteiger partial charge in [0, 0.05) is 18.8 Å². The smallest absolute Gasteiger partial charge is 0.303 e. The topological polar surface area (TPSA) is 121 Å². The summed E-state index contributed by atoms with van der Waals surface area (Å²) in [4.78, 5) is 36.0. The zero-order valence-electron chi connectivity index (χ0n) is 17.9. The fourth-order valence-electron chi connectivity index (χ4n) is 7.49. The Morgan fingerprint density at radius 1 is 1.23 bits per heavy atom. The van der Waals surface area contributed by atoms with E-state index < -0.39 is 47.0 Å². The highest BCUT2D eigenvalue weighted by molar-refractivity contribution is 5.92. The quantitative estimate of drug-likeness (QED) is 0.589. The summed E-state index contributed by atoms with van der Waals surface area (Å²) in [7, 11) is 0. The minimum Gasteiger partial charge on any atom is -0.458 e. The molecule has 0 aromatic rings. The lowest BCUT2D eigenvalue weighted by Crippen LogP contribution is -2.63. The van der Waals surface area contributed by atoms with Gasteiger partial charge in [-0.05, 0) is 66.9 Å². The van der Waals surface area contributed by atoms with Gasteiger partial charge >= 0.3 is 5.97 Å². The monoisotopic (exact) mass is 420 g/mol. The first-order valence-electron chi connectivity index (χ1n) is 10.9. The van der Waals surface area contributed by atoms with Crippen molar-refractivity contribution in [1.82, 2.24) is 0 Å². The van der Waals surface area contributed by atoms with E-state index in [2.05, 4.69) is 0 Å². The molecule has 30 heavy (non-hydrogen) atoms. The van der Waals surface area contributed by atoms with Crippen LogP contribution in [0.3, 0.4) is 0 Å². The molecule has 3 N–H and O–H groups in total. The molecule has 0 aromatic carbocycles. The number of aliphatic hydroxyl groups excluding tert-OH is 2. The summed E-state index contributed by atoms with van der Waals surface area (Å²) in [6, 6.07) is 0. The van der Waals surface area contributed by atoms with Gasteiger partial charge in [-0.15, -0.1) is 0 Å². The molecule has 3 fully saturated rings. The fourth-order valence-corrected chi connectivity index (χ4v) is 7.49. The number of aliphatic hydroxyl groups is 3. The number of Topliss-reactive ketones (excluding diaryl/α,β-unsaturated/α-hetero) is 1. The Morgan fingerprint density at radius 3 is 2.60 bits per heavy atom. The lowest BCUT2D eigenvalue weighted by molar-refractivity contribution is -0.188. The van der Waals surface area contributed by atoms with Crippen LogP contribution in [0, 0.1) is 28.6 Å². The number of ether oxygens (including phenoxy) is 1. The van der Waals surface area contributed by atoms with Gasteiger partial charge in [0.2, 0.25) is 5.78 Å². The van der Waals surface area contributed by atoms with Crippen LogP contribution in [-0.2, 0) is 19.1 Å². The van der Waals surface area contributed by atoms with Crippen molar-refractivity contribution in [3.8, 4) is 0 Å². The van der Waals surface area contributed by atoms with E-state index in [0.29, 0.717) is 25.7 Å². The Hall–Kier alpha value is -1.57. The first-order chi connectivity index (χ1) is 13.9. The molecule has 0 saturated heterocycles. The number of rotatable bonds is 3. The fraction of sp³-hybridized carbons (Fsp3) is 0.783. The van der Waals surface area contributed by atoms with Gasteiger partial charge in [0.25, 0.3) is 0 Å². The summed E-state index contributed by atoms with van der Waals surface area (Å²) in [6.07, 6.45) is 2.54. The molecule has 0 amide bonds. The second-order valence-corrected chi connectivity index (χ2v) is 10.3. The molecule has 7 nitrogen and oxygen atoms in total. The van der Waals surface area contributed by atoms with E-state index in [9.17, 15) is 29.7 Å². The molecule has 0 unspecified atom stereocenters. The Labute approximate surface area is 176 Å². The standard InChI is InChI=1S/C23H32O7/c1-12(24)30-11-19(28)23(29)7-5-15-14-9-17(26)16-8-13(25)4-6-21(16,2)20(14)18(27)10-22(15,23)3/h8,14-15,17-18,20,26-27,29H,4-7,9-11H2,1-3H3/t14-,15-,17-,18+,20-,21+,22+,23+/m1/s1. The highest BCUT2D eigenvalue weighted by Crippen LogP contribution is 2.67. The second-order valence-electron chi connectivity index (χ2n) is 10.3. The number of carbonyl (C=O) groups is 3. The van der Waals surface area contributed by atoms with Crippen LogP contribution in [-0.4, -0.2) is 57.3 Å². The molecule has 7 heteroatoms. The van der Waals surface area contributed by atoms with E-state index in [1.165, 1.54) is 6.92 Å².